The third-order valence-electron chi connectivity index (χ3n) is 6.78. The van der Waals surface area contributed by atoms with Gasteiger partial charge in [-0.3, -0.25) is 9.36 Å². The molecule has 0 amide bonds. The fraction of sp³-hybridized carbons (Fsp3) is 0.357. The van der Waals surface area contributed by atoms with Crippen LogP contribution in [0, 0.1) is 6.08 Å². The Kier molecular flexibility index (Phi) is 8.01. The largest absolute Gasteiger partial charge is 0.455 e. The van der Waals surface area contributed by atoms with Crippen LogP contribution in [0.15, 0.2) is 67.0 Å². The van der Waals surface area contributed by atoms with Crippen molar-refractivity contribution in [2.24, 2.45) is 0 Å². The van der Waals surface area contributed by atoms with E-state index in [9.17, 15) is 9.18 Å². The highest BCUT2D eigenvalue weighted by atomic mass is 19.1. The zero-order valence-corrected chi connectivity index (χ0v) is 21.9. The highest BCUT2D eigenvalue weighted by Crippen LogP contribution is 2.45. The molecule has 5 atom stereocenters. The van der Waals surface area contributed by atoms with Gasteiger partial charge >= 0.3 is 12.0 Å². The van der Waals surface area contributed by atoms with Gasteiger partial charge in [-0.15, -0.1) is 0 Å². The van der Waals surface area contributed by atoms with Gasteiger partial charge in [-0.2, -0.15) is 14.4 Å². The second kappa shape index (κ2) is 11.6. The van der Waals surface area contributed by atoms with Crippen molar-refractivity contribution in [1.82, 2.24) is 19.5 Å². The van der Waals surface area contributed by atoms with Crippen molar-refractivity contribution in [2.75, 3.05) is 12.3 Å². The van der Waals surface area contributed by atoms with Crippen molar-refractivity contribution in [1.29, 1.82) is 0 Å². The number of alkyl halides is 1. The third-order valence-corrected chi connectivity index (χ3v) is 6.78. The standard InChI is InChI=1S/C28H29F2N5O5/c1-17(29)28(15-37-13-19-9-5-3-6-10-19)23(38-14-20-11-7-4-8-12-20)22(39-18(2)36)26(40-28)35-16-32-21-24(31)33-27(30)34-25(21)35/h3-12,16-17,22-23,26H,13-15H2,1-2H3,(H2,31,33,34). The maximum Gasteiger partial charge on any atom is 0.312 e. The maximum atomic E-state index is 15.8. The summed E-state index contributed by atoms with van der Waals surface area (Å²) in [4.78, 5) is 23.8. The van der Waals surface area contributed by atoms with Crippen LogP contribution in [0.25, 0.3) is 11.2 Å². The number of hydrogen-bond donors (Lipinski definition) is 1. The molecule has 1 aliphatic rings. The van der Waals surface area contributed by atoms with Gasteiger partial charge in [0, 0.05) is 6.92 Å². The number of esters is 1. The number of fused-ring (bicyclic) bond motifs is 1. The number of carbonyl (C=O) groups is 1. The number of halogens is 2. The predicted octanol–water partition coefficient (Wildman–Crippen LogP) is 3.91. The number of nitrogens with zero attached hydrogens (tertiary/aromatic N) is 4. The summed E-state index contributed by atoms with van der Waals surface area (Å²) in [5.74, 6) is -0.833. The number of ether oxygens (including phenoxy) is 4. The quantitative estimate of drug-likeness (QED) is 0.230. The Bertz CT molecular complexity index is 1460. The fourth-order valence-electron chi connectivity index (χ4n) is 4.86. The second-order valence-corrected chi connectivity index (χ2v) is 9.55. The molecule has 3 heterocycles. The fourth-order valence-corrected chi connectivity index (χ4v) is 4.86. The first-order valence-corrected chi connectivity index (χ1v) is 12.7. The van der Waals surface area contributed by atoms with Crippen LogP contribution in [-0.2, 0) is 37.0 Å². The number of carbonyl (C=O) groups excluding carboxylic acids is 1. The topological polar surface area (TPSA) is 124 Å². The van der Waals surface area contributed by atoms with Crippen LogP contribution in [0.3, 0.4) is 0 Å². The SMILES string of the molecule is CC(=O)OC1C(n2cnc3c(N)nc(F)nc32)OC(COCc2ccccc2)(C(C)F)C1OCc1ccccc1. The second-order valence-electron chi connectivity index (χ2n) is 9.55. The number of rotatable bonds is 10. The first-order chi connectivity index (χ1) is 19.3. The lowest BCUT2D eigenvalue weighted by atomic mass is 9.91. The molecule has 5 unspecified atom stereocenters. The van der Waals surface area contributed by atoms with Gasteiger partial charge in [-0.25, -0.2) is 9.37 Å². The molecule has 0 radical (unpaired) electrons. The average molecular weight is 554 g/mol. The normalized spacial score (nSPS) is 23.4. The van der Waals surface area contributed by atoms with E-state index in [0.717, 1.165) is 11.1 Å². The summed E-state index contributed by atoms with van der Waals surface area (Å²) in [7, 11) is 0. The minimum Gasteiger partial charge on any atom is -0.455 e. The van der Waals surface area contributed by atoms with E-state index in [0.29, 0.717) is 0 Å². The molecule has 2 aromatic heterocycles. The van der Waals surface area contributed by atoms with Gasteiger partial charge in [0.15, 0.2) is 34.9 Å². The first kappa shape index (κ1) is 27.6. The maximum absolute atomic E-state index is 15.8. The number of aromatic nitrogens is 4. The van der Waals surface area contributed by atoms with E-state index < -0.39 is 42.3 Å². The van der Waals surface area contributed by atoms with E-state index >= 15 is 4.39 Å². The van der Waals surface area contributed by atoms with Gasteiger partial charge < -0.3 is 24.7 Å². The molecule has 210 valence electrons. The summed E-state index contributed by atoms with van der Waals surface area (Å²) < 4.78 is 55.6. The van der Waals surface area contributed by atoms with Gasteiger partial charge in [0.05, 0.1) is 26.1 Å². The minimum atomic E-state index is -1.73. The number of nitrogen functional groups attached to an aromatic ring is 1. The lowest BCUT2D eigenvalue weighted by Gasteiger charge is -2.35. The first-order valence-electron chi connectivity index (χ1n) is 12.7. The Morgan fingerprint density at radius 2 is 1.75 bits per heavy atom. The highest BCUT2D eigenvalue weighted by molar-refractivity contribution is 5.81. The molecule has 4 aromatic rings. The van der Waals surface area contributed by atoms with E-state index in [1.807, 2.05) is 60.7 Å². The molecular formula is C28H29F2N5O5. The van der Waals surface area contributed by atoms with Crippen molar-refractivity contribution < 1.29 is 32.5 Å². The van der Waals surface area contributed by atoms with E-state index in [2.05, 4.69) is 15.0 Å². The van der Waals surface area contributed by atoms with Crippen LogP contribution in [0.1, 0.15) is 31.2 Å². The van der Waals surface area contributed by atoms with Crippen molar-refractivity contribution >= 4 is 23.0 Å². The average Bonchev–Trinajstić information content (AvgIpc) is 3.48. The molecular weight excluding hydrogens is 524 g/mol. The molecule has 2 N–H and O–H groups in total. The molecule has 1 fully saturated rings. The number of benzene rings is 2. The Morgan fingerprint density at radius 3 is 2.38 bits per heavy atom. The van der Waals surface area contributed by atoms with Gasteiger partial charge in [0.25, 0.3) is 0 Å². The Morgan fingerprint density at radius 1 is 1.10 bits per heavy atom. The summed E-state index contributed by atoms with van der Waals surface area (Å²) in [6, 6.07) is 18.6. The van der Waals surface area contributed by atoms with E-state index in [1.54, 1.807) is 0 Å². The smallest absolute Gasteiger partial charge is 0.312 e. The zero-order valence-electron chi connectivity index (χ0n) is 21.9. The van der Waals surface area contributed by atoms with Crippen LogP contribution in [0.5, 0.6) is 0 Å². The highest BCUT2D eigenvalue weighted by Gasteiger charge is 2.62. The Balaban J connectivity index is 1.55. The van der Waals surface area contributed by atoms with E-state index in [-0.39, 0.29) is 36.8 Å². The van der Waals surface area contributed by atoms with E-state index in [1.165, 1.54) is 24.7 Å². The summed E-state index contributed by atoms with van der Waals surface area (Å²) in [5, 5.41) is 0. The molecule has 12 heteroatoms. The Hall–Kier alpha value is -4.00. The van der Waals surface area contributed by atoms with Gasteiger partial charge in [-0.1, -0.05) is 60.7 Å². The summed E-state index contributed by atoms with van der Waals surface area (Å²) in [6.45, 7) is 2.55. The van der Waals surface area contributed by atoms with Gasteiger partial charge in [-0.05, 0) is 18.1 Å². The molecule has 10 nitrogen and oxygen atoms in total. The minimum absolute atomic E-state index is 0.0125. The molecule has 0 spiro atoms. The molecule has 40 heavy (non-hydrogen) atoms. The summed E-state index contributed by atoms with van der Waals surface area (Å²) in [5.41, 5.74) is 5.90. The number of hydrogen-bond acceptors (Lipinski definition) is 9. The number of nitrogens with two attached hydrogens (primary N) is 1. The van der Waals surface area contributed by atoms with Crippen molar-refractivity contribution in [3.8, 4) is 0 Å². The predicted molar refractivity (Wildman–Crippen MR) is 140 cm³/mol. The molecule has 0 aliphatic carbocycles. The van der Waals surface area contributed by atoms with Crippen molar-refractivity contribution in [3.05, 3.63) is 84.2 Å². The molecule has 2 aromatic carbocycles. The van der Waals surface area contributed by atoms with Crippen LogP contribution in [0.2, 0.25) is 0 Å². The third kappa shape index (κ3) is 5.51. The molecule has 5 rings (SSSR count). The summed E-state index contributed by atoms with van der Waals surface area (Å²) >= 11 is 0. The molecule has 0 saturated carbocycles. The molecule has 1 saturated heterocycles. The lowest BCUT2D eigenvalue weighted by molar-refractivity contribution is -0.185. The monoisotopic (exact) mass is 553 g/mol. The van der Waals surface area contributed by atoms with Crippen LogP contribution < -0.4 is 5.73 Å². The molecule has 1 aliphatic heterocycles. The van der Waals surface area contributed by atoms with Gasteiger partial charge in [0.2, 0.25) is 0 Å². The zero-order chi connectivity index (χ0) is 28.3. The van der Waals surface area contributed by atoms with E-state index in [4.69, 9.17) is 24.7 Å². The van der Waals surface area contributed by atoms with Crippen LogP contribution >= 0.6 is 0 Å². The van der Waals surface area contributed by atoms with Crippen molar-refractivity contribution in [2.45, 2.75) is 57.3 Å². The van der Waals surface area contributed by atoms with Crippen molar-refractivity contribution in [3.63, 3.8) is 0 Å². The lowest BCUT2D eigenvalue weighted by Crippen LogP contribution is -2.54. The summed E-state index contributed by atoms with van der Waals surface area (Å²) in [6.07, 6.45) is -4.97. The van der Waals surface area contributed by atoms with Crippen LogP contribution in [-0.4, -0.2) is 56.1 Å². The van der Waals surface area contributed by atoms with Crippen LogP contribution in [0.4, 0.5) is 14.6 Å². The number of anilines is 1. The molecule has 0 bridgehead atoms. The number of imidazole rings is 1. The van der Waals surface area contributed by atoms with Gasteiger partial charge in [0.1, 0.15) is 12.3 Å². The Labute approximate surface area is 229 Å².